The molecule has 36 heavy (non-hydrogen) atoms. The molecule has 0 unspecified atom stereocenters. The molecular formula is C24H25N3O7S2. The number of amides is 1. The van der Waals surface area contributed by atoms with Crippen molar-refractivity contribution in [2.24, 2.45) is 0 Å². The Labute approximate surface area is 209 Å². The molecule has 190 valence electrons. The van der Waals surface area contributed by atoms with E-state index in [9.17, 15) is 21.6 Å². The number of para-hydroxylation sites is 1. The van der Waals surface area contributed by atoms with E-state index >= 15 is 0 Å². The first-order chi connectivity index (χ1) is 17.2. The third-order valence-electron chi connectivity index (χ3n) is 5.47. The van der Waals surface area contributed by atoms with Gasteiger partial charge in [0.1, 0.15) is 5.75 Å². The van der Waals surface area contributed by atoms with Gasteiger partial charge in [0.15, 0.2) is 0 Å². The summed E-state index contributed by atoms with van der Waals surface area (Å²) in [4.78, 5) is 13.0. The first-order valence-electron chi connectivity index (χ1n) is 11.0. The van der Waals surface area contributed by atoms with Crippen LogP contribution in [0, 0.1) is 0 Å². The van der Waals surface area contributed by atoms with Gasteiger partial charge in [-0.3, -0.25) is 9.52 Å². The molecule has 3 aromatic rings. The highest BCUT2D eigenvalue weighted by atomic mass is 32.2. The molecule has 0 saturated carbocycles. The van der Waals surface area contributed by atoms with Crippen molar-refractivity contribution in [3.8, 4) is 5.75 Å². The Balaban J connectivity index is 1.53. The summed E-state index contributed by atoms with van der Waals surface area (Å²) in [5, 5.41) is 2.66. The van der Waals surface area contributed by atoms with Gasteiger partial charge >= 0.3 is 0 Å². The van der Waals surface area contributed by atoms with Crippen LogP contribution in [-0.4, -0.2) is 60.5 Å². The van der Waals surface area contributed by atoms with Gasteiger partial charge in [0.25, 0.3) is 15.9 Å². The number of sulfonamides is 2. The normalized spacial score (nSPS) is 14.7. The molecule has 1 amide bonds. The number of anilines is 2. The topological polar surface area (TPSA) is 131 Å². The van der Waals surface area contributed by atoms with E-state index in [1.807, 2.05) is 0 Å². The number of carbonyl (C=O) groups is 1. The second kappa shape index (κ2) is 10.7. The van der Waals surface area contributed by atoms with Crippen LogP contribution in [0.1, 0.15) is 10.4 Å². The van der Waals surface area contributed by atoms with Crippen molar-refractivity contribution < 1.29 is 31.1 Å². The third kappa shape index (κ3) is 5.68. The molecule has 4 rings (SSSR count). The number of ether oxygens (including phenoxy) is 2. The Hall–Kier alpha value is -3.45. The van der Waals surface area contributed by atoms with Gasteiger partial charge in [-0.2, -0.15) is 4.31 Å². The van der Waals surface area contributed by atoms with Crippen LogP contribution < -0.4 is 14.8 Å². The summed E-state index contributed by atoms with van der Waals surface area (Å²) in [6, 6.07) is 18.1. The molecule has 1 fully saturated rings. The lowest BCUT2D eigenvalue weighted by molar-refractivity contribution is 0.0730. The molecule has 0 bridgehead atoms. The van der Waals surface area contributed by atoms with Gasteiger partial charge in [-0.25, -0.2) is 16.8 Å². The molecular weight excluding hydrogens is 506 g/mol. The van der Waals surface area contributed by atoms with Crippen LogP contribution in [-0.2, 0) is 24.8 Å². The molecule has 12 heteroatoms. The Morgan fingerprint density at radius 1 is 0.861 bits per heavy atom. The minimum atomic E-state index is -3.82. The number of methoxy groups -OCH3 is 1. The quantitative estimate of drug-likeness (QED) is 0.457. The zero-order valence-corrected chi connectivity index (χ0v) is 21.0. The smallest absolute Gasteiger partial charge is 0.261 e. The molecule has 0 spiro atoms. The molecule has 0 radical (unpaired) electrons. The summed E-state index contributed by atoms with van der Waals surface area (Å²) in [5.41, 5.74) is 0.769. The van der Waals surface area contributed by atoms with Crippen LogP contribution in [0.4, 0.5) is 11.4 Å². The predicted molar refractivity (Wildman–Crippen MR) is 134 cm³/mol. The fourth-order valence-corrected chi connectivity index (χ4v) is 6.09. The van der Waals surface area contributed by atoms with E-state index in [0.717, 1.165) is 0 Å². The fourth-order valence-electron chi connectivity index (χ4n) is 3.60. The van der Waals surface area contributed by atoms with Crippen molar-refractivity contribution in [3.63, 3.8) is 0 Å². The van der Waals surface area contributed by atoms with E-state index in [0.29, 0.717) is 24.6 Å². The van der Waals surface area contributed by atoms with Gasteiger partial charge in [0.05, 0.1) is 35.7 Å². The van der Waals surface area contributed by atoms with Crippen molar-refractivity contribution >= 4 is 37.3 Å². The van der Waals surface area contributed by atoms with Crippen LogP contribution in [0.15, 0.2) is 82.6 Å². The third-order valence-corrected chi connectivity index (χ3v) is 8.76. The van der Waals surface area contributed by atoms with Crippen LogP contribution in [0.25, 0.3) is 0 Å². The second-order valence-electron chi connectivity index (χ2n) is 7.83. The van der Waals surface area contributed by atoms with E-state index in [2.05, 4.69) is 10.0 Å². The fraction of sp³-hybridized carbons (Fsp3) is 0.208. The van der Waals surface area contributed by atoms with E-state index in [-0.39, 0.29) is 34.2 Å². The summed E-state index contributed by atoms with van der Waals surface area (Å²) >= 11 is 0. The number of nitrogens with one attached hydrogen (secondary N) is 2. The highest BCUT2D eigenvalue weighted by molar-refractivity contribution is 7.92. The van der Waals surface area contributed by atoms with Gasteiger partial charge in [0, 0.05) is 24.5 Å². The molecule has 2 N–H and O–H groups in total. The minimum absolute atomic E-state index is 0.0144. The lowest BCUT2D eigenvalue weighted by Gasteiger charge is -2.26. The van der Waals surface area contributed by atoms with Crippen molar-refractivity contribution in [3.05, 3.63) is 78.4 Å². The number of carbonyl (C=O) groups excluding carboxylic acids is 1. The summed E-state index contributed by atoms with van der Waals surface area (Å²) in [6.45, 7) is 1.05. The molecule has 1 heterocycles. The van der Waals surface area contributed by atoms with Crippen molar-refractivity contribution in [1.29, 1.82) is 0 Å². The Morgan fingerprint density at radius 3 is 2.14 bits per heavy atom. The molecule has 0 aromatic heterocycles. The number of nitrogens with zero attached hydrogens (tertiary/aromatic N) is 1. The van der Waals surface area contributed by atoms with Crippen LogP contribution in [0.3, 0.4) is 0 Å². The number of hydrogen-bond acceptors (Lipinski definition) is 7. The largest absolute Gasteiger partial charge is 0.496 e. The zero-order valence-electron chi connectivity index (χ0n) is 19.4. The van der Waals surface area contributed by atoms with E-state index < -0.39 is 26.0 Å². The van der Waals surface area contributed by atoms with E-state index in [1.165, 1.54) is 53.9 Å². The highest BCUT2D eigenvalue weighted by Gasteiger charge is 2.28. The molecule has 1 aliphatic heterocycles. The van der Waals surface area contributed by atoms with Crippen molar-refractivity contribution in [2.45, 2.75) is 9.79 Å². The van der Waals surface area contributed by atoms with Crippen LogP contribution >= 0.6 is 0 Å². The number of rotatable bonds is 8. The van der Waals surface area contributed by atoms with Crippen molar-refractivity contribution in [1.82, 2.24) is 4.31 Å². The van der Waals surface area contributed by atoms with E-state index in [1.54, 1.807) is 30.3 Å². The van der Waals surface area contributed by atoms with Gasteiger partial charge in [-0.1, -0.05) is 18.2 Å². The monoisotopic (exact) mass is 531 g/mol. The predicted octanol–water partition coefficient (Wildman–Crippen LogP) is 2.77. The Bertz CT molecular complexity index is 1440. The maximum absolute atomic E-state index is 13.0. The van der Waals surface area contributed by atoms with Gasteiger partial charge in [0.2, 0.25) is 10.0 Å². The molecule has 0 atom stereocenters. The van der Waals surface area contributed by atoms with Gasteiger partial charge in [-0.15, -0.1) is 0 Å². The maximum atomic E-state index is 13.0. The average Bonchev–Trinajstić information content (AvgIpc) is 2.89. The summed E-state index contributed by atoms with van der Waals surface area (Å²) in [6.07, 6.45) is 0. The lowest BCUT2D eigenvalue weighted by Crippen LogP contribution is -2.40. The number of hydrogen-bond donors (Lipinski definition) is 2. The maximum Gasteiger partial charge on any atom is 0.261 e. The van der Waals surface area contributed by atoms with E-state index in [4.69, 9.17) is 9.47 Å². The summed E-state index contributed by atoms with van der Waals surface area (Å²) in [5.74, 6) is -0.413. The van der Waals surface area contributed by atoms with Gasteiger partial charge < -0.3 is 14.8 Å². The van der Waals surface area contributed by atoms with Crippen LogP contribution in [0.2, 0.25) is 0 Å². The number of morpholine rings is 1. The first-order valence-corrected chi connectivity index (χ1v) is 13.9. The van der Waals surface area contributed by atoms with Crippen molar-refractivity contribution in [2.75, 3.05) is 43.5 Å². The standard InChI is InChI=1S/C24H25N3O7S2/c1-33-23-12-11-21(36(31,32)27-13-15-34-16-14-27)17-22(23)24(28)25-18-7-9-20(10-8-18)35(29,30)26-19-5-3-2-4-6-19/h2-12,17,26H,13-16H2,1H3,(H,25,28). The van der Waals surface area contributed by atoms with Crippen LogP contribution in [0.5, 0.6) is 5.75 Å². The second-order valence-corrected chi connectivity index (χ2v) is 11.4. The Kier molecular flexibility index (Phi) is 7.59. The molecule has 0 aliphatic carbocycles. The first kappa shape index (κ1) is 25.6. The van der Waals surface area contributed by atoms with Gasteiger partial charge in [-0.05, 0) is 54.6 Å². The molecule has 1 aliphatic rings. The summed E-state index contributed by atoms with van der Waals surface area (Å²) < 4.78 is 65.5. The molecule has 3 aromatic carbocycles. The zero-order chi connectivity index (χ0) is 25.8. The Morgan fingerprint density at radius 2 is 1.50 bits per heavy atom. The minimum Gasteiger partial charge on any atom is -0.496 e. The SMILES string of the molecule is COc1ccc(S(=O)(=O)N2CCOCC2)cc1C(=O)Nc1ccc(S(=O)(=O)Nc2ccccc2)cc1. The average molecular weight is 532 g/mol. The lowest BCUT2D eigenvalue weighted by atomic mass is 10.2. The highest BCUT2D eigenvalue weighted by Crippen LogP contribution is 2.26. The number of benzene rings is 3. The molecule has 1 saturated heterocycles. The summed E-state index contributed by atoms with van der Waals surface area (Å²) in [7, 11) is -6.26. The molecule has 10 nitrogen and oxygen atoms in total.